The molecule has 1 aliphatic rings. The third kappa shape index (κ3) is 7.73. The Morgan fingerprint density at radius 2 is 1.89 bits per heavy atom. The maximum atomic E-state index is 15.0. The first-order chi connectivity index (χ1) is 16.8. The van der Waals surface area contributed by atoms with Crippen molar-refractivity contribution < 1.29 is 28.3 Å². The van der Waals surface area contributed by atoms with E-state index in [-0.39, 0.29) is 49.2 Å². The maximum Gasteiger partial charge on any atom is 0.313 e. The minimum atomic E-state index is -0.696. The fourth-order valence-corrected chi connectivity index (χ4v) is 3.32. The van der Waals surface area contributed by atoms with Crippen LogP contribution in [0.15, 0.2) is 35.7 Å². The summed E-state index contributed by atoms with van der Waals surface area (Å²) in [6.45, 7) is 2.74. The van der Waals surface area contributed by atoms with E-state index in [2.05, 4.69) is 15.1 Å². The molecule has 1 saturated heterocycles. The molecule has 0 atom stereocenters. The summed E-state index contributed by atoms with van der Waals surface area (Å²) in [7, 11) is 0. The van der Waals surface area contributed by atoms with Gasteiger partial charge >= 0.3 is 11.9 Å². The molecule has 2 aromatic rings. The van der Waals surface area contributed by atoms with Crippen LogP contribution in [-0.2, 0) is 30.5 Å². The molecule has 3 rings (SSSR count). The van der Waals surface area contributed by atoms with Crippen molar-refractivity contribution in [2.45, 2.75) is 32.8 Å². The zero-order chi connectivity index (χ0) is 25.2. The number of hydrogen-bond acceptors (Lipinski definition) is 10. The lowest BCUT2D eigenvalue weighted by atomic mass is 10.0. The molecule has 0 unspecified atom stereocenters. The second kappa shape index (κ2) is 12.4. The molecule has 0 saturated carbocycles. The number of carbonyl (C=O) groups is 2. The third-order valence-corrected chi connectivity index (χ3v) is 5.05. The van der Waals surface area contributed by atoms with Crippen molar-refractivity contribution in [2.75, 3.05) is 31.2 Å². The molecule has 2 heterocycles. The van der Waals surface area contributed by atoms with E-state index < -0.39 is 11.8 Å². The van der Waals surface area contributed by atoms with Gasteiger partial charge in [0.15, 0.2) is 6.61 Å². The van der Waals surface area contributed by atoms with Crippen molar-refractivity contribution in [2.24, 2.45) is 10.9 Å². The molecular formula is C23H27FN6O5. The number of hydrogen-bond donors (Lipinski definition) is 2. The number of esters is 2. The van der Waals surface area contributed by atoms with E-state index in [1.54, 1.807) is 24.5 Å². The van der Waals surface area contributed by atoms with Crippen LogP contribution < -0.4 is 10.6 Å². The van der Waals surface area contributed by atoms with Gasteiger partial charge in [0, 0.05) is 61.9 Å². The molecular weight excluding hydrogens is 459 g/mol. The number of ether oxygens (including phenoxy) is 2. The van der Waals surface area contributed by atoms with E-state index in [1.807, 2.05) is 4.90 Å². The first-order valence-electron chi connectivity index (χ1n) is 11.0. The lowest BCUT2D eigenvalue weighted by Crippen LogP contribution is -2.35. The molecule has 1 aromatic heterocycles. The molecule has 3 N–H and O–H groups in total. The highest BCUT2D eigenvalue weighted by Crippen LogP contribution is 2.26. The molecule has 0 amide bonds. The molecule has 0 spiro atoms. The highest BCUT2D eigenvalue weighted by molar-refractivity contribution is 5.94. The van der Waals surface area contributed by atoms with E-state index in [9.17, 15) is 14.0 Å². The highest BCUT2D eigenvalue weighted by atomic mass is 19.1. The number of anilines is 1. The molecule has 186 valence electrons. The fraction of sp³-hybridized carbons (Fsp3) is 0.391. The van der Waals surface area contributed by atoms with Gasteiger partial charge in [-0.2, -0.15) is 0 Å². The number of carbonyl (C=O) groups excluding carboxylic acids is 2. The summed E-state index contributed by atoms with van der Waals surface area (Å²) in [5, 5.41) is 11.2. The smallest absolute Gasteiger partial charge is 0.313 e. The zero-order valence-electron chi connectivity index (χ0n) is 19.3. The lowest BCUT2D eigenvalue weighted by molar-refractivity contribution is -0.144. The Bertz CT molecular complexity index is 1080. The number of amidine groups is 1. The number of piperidine rings is 1. The van der Waals surface area contributed by atoms with Crippen molar-refractivity contribution in [3.05, 3.63) is 42.0 Å². The zero-order valence-corrected chi connectivity index (χ0v) is 19.3. The summed E-state index contributed by atoms with van der Waals surface area (Å²) >= 11 is 0. The van der Waals surface area contributed by atoms with Gasteiger partial charge in [-0.15, -0.1) is 0 Å². The van der Waals surface area contributed by atoms with Crippen LogP contribution in [0.5, 0.6) is 0 Å². The standard InChI is InChI=1S/C23H27FN6O5/c1-15(31)33-9-10-35-29-18-5-7-30(8-6-18)23-27-12-17(13-28-23)19-4-2-3-16(22(19)24)14-34-21(32)11-20(25)26/h2-4,12-13H,5-11,14H2,1H3,(H3,25,26). The van der Waals surface area contributed by atoms with Crippen LogP contribution >= 0.6 is 0 Å². The Balaban J connectivity index is 1.55. The molecule has 12 heteroatoms. The minimum Gasteiger partial charge on any atom is -0.462 e. The van der Waals surface area contributed by atoms with E-state index in [4.69, 9.17) is 25.5 Å². The Morgan fingerprint density at radius 3 is 2.54 bits per heavy atom. The number of aromatic nitrogens is 2. The van der Waals surface area contributed by atoms with Crippen LogP contribution in [-0.4, -0.2) is 59.8 Å². The maximum absolute atomic E-state index is 15.0. The third-order valence-electron chi connectivity index (χ3n) is 5.05. The second-order valence-electron chi connectivity index (χ2n) is 7.73. The Morgan fingerprint density at radius 1 is 1.17 bits per heavy atom. The summed E-state index contributed by atoms with van der Waals surface area (Å²) in [5.74, 6) is -1.38. The molecule has 0 aliphatic carbocycles. The van der Waals surface area contributed by atoms with Crippen molar-refractivity contribution in [3.8, 4) is 11.1 Å². The molecule has 1 aliphatic heterocycles. The van der Waals surface area contributed by atoms with Crippen molar-refractivity contribution in [3.63, 3.8) is 0 Å². The minimum absolute atomic E-state index is 0.160. The molecule has 1 aromatic carbocycles. The largest absolute Gasteiger partial charge is 0.462 e. The van der Waals surface area contributed by atoms with Gasteiger partial charge in [-0.25, -0.2) is 14.4 Å². The number of nitrogens with two attached hydrogens (primary N) is 1. The van der Waals surface area contributed by atoms with Crippen LogP contribution in [0.4, 0.5) is 10.3 Å². The summed E-state index contributed by atoms with van der Waals surface area (Å²) in [5.41, 5.74) is 7.05. The normalized spacial score (nSPS) is 13.2. The fourth-order valence-electron chi connectivity index (χ4n) is 3.32. The van der Waals surface area contributed by atoms with Gasteiger partial charge in [0.1, 0.15) is 31.3 Å². The monoisotopic (exact) mass is 486 g/mol. The first-order valence-corrected chi connectivity index (χ1v) is 11.0. The lowest BCUT2D eigenvalue weighted by Gasteiger charge is -2.27. The molecule has 0 bridgehead atoms. The van der Waals surface area contributed by atoms with Crippen LogP contribution in [0.3, 0.4) is 0 Å². The highest BCUT2D eigenvalue weighted by Gasteiger charge is 2.19. The summed E-state index contributed by atoms with van der Waals surface area (Å²) < 4.78 is 24.8. The summed E-state index contributed by atoms with van der Waals surface area (Å²) in [6, 6.07) is 4.77. The van der Waals surface area contributed by atoms with Crippen molar-refractivity contribution in [1.29, 1.82) is 5.41 Å². The van der Waals surface area contributed by atoms with Gasteiger partial charge in [-0.1, -0.05) is 23.4 Å². The molecule has 1 fully saturated rings. The summed E-state index contributed by atoms with van der Waals surface area (Å²) in [4.78, 5) is 38.3. The topological polar surface area (TPSA) is 153 Å². The van der Waals surface area contributed by atoms with E-state index in [0.717, 1.165) is 5.71 Å². The van der Waals surface area contributed by atoms with Crippen LogP contribution in [0.25, 0.3) is 11.1 Å². The van der Waals surface area contributed by atoms with Crippen molar-refractivity contribution >= 4 is 29.4 Å². The van der Waals surface area contributed by atoms with Crippen LogP contribution in [0.1, 0.15) is 31.7 Å². The van der Waals surface area contributed by atoms with Crippen LogP contribution in [0, 0.1) is 11.2 Å². The second-order valence-corrected chi connectivity index (χ2v) is 7.73. The number of nitrogens with one attached hydrogen (secondary N) is 1. The van der Waals surface area contributed by atoms with E-state index in [1.165, 1.54) is 13.0 Å². The van der Waals surface area contributed by atoms with Crippen LogP contribution in [0.2, 0.25) is 0 Å². The van der Waals surface area contributed by atoms with Crippen molar-refractivity contribution in [1.82, 2.24) is 9.97 Å². The number of benzene rings is 1. The SMILES string of the molecule is CC(=O)OCCON=C1CCN(c2ncc(-c3cccc(COC(=O)CC(=N)N)c3F)cn2)CC1. The summed E-state index contributed by atoms with van der Waals surface area (Å²) in [6.07, 6.45) is 4.11. The molecule has 35 heavy (non-hydrogen) atoms. The predicted molar refractivity (Wildman–Crippen MR) is 125 cm³/mol. The van der Waals surface area contributed by atoms with Gasteiger partial charge in [-0.05, 0) is 0 Å². The van der Waals surface area contributed by atoms with Gasteiger partial charge in [0.05, 0.1) is 5.71 Å². The Labute approximate surface area is 201 Å². The molecule has 11 nitrogen and oxygen atoms in total. The van der Waals surface area contributed by atoms with Gasteiger partial charge in [-0.3, -0.25) is 15.0 Å². The number of nitrogens with zero attached hydrogens (tertiary/aromatic N) is 4. The number of halogens is 1. The predicted octanol–water partition coefficient (Wildman–Crippen LogP) is 2.19. The quantitative estimate of drug-likeness (QED) is 0.169. The number of oxime groups is 1. The van der Waals surface area contributed by atoms with E-state index in [0.29, 0.717) is 37.4 Å². The number of rotatable bonds is 10. The Hall–Kier alpha value is -4.09. The average molecular weight is 487 g/mol. The van der Waals surface area contributed by atoms with Gasteiger partial charge in [0.2, 0.25) is 5.95 Å². The Kier molecular flexibility index (Phi) is 9.04. The van der Waals surface area contributed by atoms with Gasteiger partial charge < -0.3 is 24.9 Å². The van der Waals surface area contributed by atoms with E-state index >= 15 is 0 Å². The molecule has 0 radical (unpaired) electrons. The van der Waals surface area contributed by atoms with Gasteiger partial charge in [0.25, 0.3) is 0 Å². The first kappa shape index (κ1) is 25.5. The average Bonchev–Trinajstić information content (AvgIpc) is 2.83.